The van der Waals surface area contributed by atoms with Crippen molar-refractivity contribution in [1.29, 1.82) is 0 Å². The zero-order valence-corrected chi connectivity index (χ0v) is 11.7. The predicted molar refractivity (Wildman–Crippen MR) is 76.1 cm³/mol. The van der Waals surface area contributed by atoms with Gasteiger partial charge in [0.05, 0.1) is 11.4 Å². The molecule has 0 aliphatic carbocycles. The Morgan fingerprint density at radius 1 is 1.40 bits per heavy atom. The second-order valence-electron chi connectivity index (χ2n) is 4.13. The minimum Gasteiger partial charge on any atom is -0.397 e. The lowest BCUT2D eigenvalue weighted by Crippen LogP contribution is -2.25. The Kier molecular flexibility index (Phi) is 4.70. The molecule has 84 valence electrons. The van der Waals surface area contributed by atoms with Crippen LogP contribution in [0.2, 0.25) is 0 Å². The third-order valence-electron chi connectivity index (χ3n) is 2.60. The fourth-order valence-electron chi connectivity index (χ4n) is 1.60. The largest absolute Gasteiger partial charge is 0.397 e. The van der Waals surface area contributed by atoms with Crippen molar-refractivity contribution < 1.29 is 0 Å². The first kappa shape index (κ1) is 12.6. The summed E-state index contributed by atoms with van der Waals surface area (Å²) in [4.78, 5) is 0. The van der Waals surface area contributed by atoms with Gasteiger partial charge in [0.25, 0.3) is 0 Å². The molecule has 0 aromatic heterocycles. The number of hydrogen-bond donors (Lipinski definition) is 2. The summed E-state index contributed by atoms with van der Waals surface area (Å²) < 4.78 is 1.17. The Morgan fingerprint density at radius 2 is 2.07 bits per heavy atom. The molecule has 2 nitrogen and oxygen atoms in total. The summed E-state index contributed by atoms with van der Waals surface area (Å²) in [5.41, 5.74) is 7.84. The highest BCUT2D eigenvalue weighted by Crippen LogP contribution is 2.23. The molecule has 0 spiro atoms. The van der Waals surface area contributed by atoms with Gasteiger partial charge in [-0.05, 0) is 53.1 Å². The van der Waals surface area contributed by atoms with E-state index in [1.54, 1.807) is 0 Å². The predicted octanol–water partition coefficient (Wildman–Crippen LogP) is 3.72. The fraction of sp³-hybridized carbons (Fsp3) is 0.500. The maximum atomic E-state index is 5.96. The third-order valence-corrected chi connectivity index (χ3v) is 3.27. The van der Waals surface area contributed by atoms with Gasteiger partial charge in [-0.1, -0.05) is 20.8 Å². The SMILES string of the molecule is CCC(Nc1ccc(I)cc1N)C(C)C. The molecule has 0 radical (unpaired) electrons. The Hall–Kier alpha value is -0.450. The normalized spacial score (nSPS) is 12.9. The van der Waals surface area contributed by atoms with Crippen LogP contribution in [-0.2, 0) is 0 Å². The van der Waals surface area contributed by atoms with Gasteiger partial charge >= 0.3 is 0 Å². The molecule has 0 heterocycles. The van der Waals surface area contributed by atoms with Crippen molar-refractivity contribution in [1.82, 2.24) is 0 Å². The van der Waals surface area contributed by atoms with Gasteiger partial charge in [0.15, 0.2) is 0 Å². The second-order valence-corrected chi connectivity index (χ2v) is 5.38. The summed E-state index contributed by atoms with van der Waals surface area (Å²) in [7, 11) is 0. The molecular weight excluding hydrogens is 299 g/mol. The van der Waals surface area contributed by atoms with Crippen LogP contribution in [0.25, 0.3) is 0 Å². The molecule has 1 unspecified atom stereocenters. The maximum Gasteiger partial charge on any atom is 0.0576 e. The molecule has 0 amide bonds. The van der Waals surface area contributed by atoms with Crippen molar-refractivity contribution in [3.63, 3.8) is 0 Å². The van der Waals surface area contributed by atoms with Gasteiger partial charge in [-0.3, -0.25) is 0 Å². The van der Waals surface area contributed by atoms with Gasteiger partial charge in [0.1, 0.15) is 0 Å². The second kappa shape index (κ2) is 5.58. The lowest BCUT2D eigenvalue weighted by Gasteiger charge is -2.23. The van der Waals surface area contributed by atoms with Crippen molar-refractivity contribution in [2.24, 2.45) is 5.92 Å². The summed E-state index contributed by atoms with van der Waals surface area (Å²) in [6.07, 6.45) is 1.11. The van der Waals surface area contributed by atoms with Crippen molar-refractivity contribution in [2.75, 3.05) is 11.1 Å². The van der Waals surface area contributed by atoms with Crippen molar-refractivity contribution in [3.05, 3.63) is 21.8 Å². The van der Waals surface area contributed by atoms with E-state index in [1.807, 2.05) is 6.07 Å². The van der Waals surface area contributed by atoms with Crippen LogP contribution >= 0.6 is 22.6 Å². The number of nitrogens with one attached hydrogen (secondary N) is 1. The summed E-state index contributed by atoms with van der Waals surface area (Å²) in [5, 5.41) is 3.50. The van der Waals surface area contributed by atoms with E-state index in [9.17, 15) is 0 Å². The van der Waals surface area contributed by atoms with Gasteiger partial charge in [0.2, 0.25) is 0 Å². The van der Waals surface area contributed by atoms with Gasteiger partial charge in [0, 0.05) is 9.61 Å². The monoisotopic (exact) mass is 318 g/mol. The summed E-state index contributed by atoms with van der Waals surface area (Å²) >= 11 is 2.27. The van der Waals surface area contributed by atoms with Crippen LogP contribution in [0.5, 0.6) is 0 Å². The van der Waals surface area contributed by atoms with E-state index in [1.165, 1.54) is 3.57 Å². The molecule has 1 rings (SSSR count). The average molecular weight is 318 g/mol. The summed E-state index contributed by atoms with van der Waals surface area (Å²) in [6.45, 7) is 6.65. The highest BCUT2D eigenvalue weighted by molar-refractivity contribution is 14.1. The Balaban J connectivity index is 2.79. The summed E-state index contributed by atoms with van der Waals surface area (Å²) in [6, 6.07) is 6.62. The molecule has 1 atom stereocenters. The number of halogens is 1. The van der Waals surface area contributed by atoms with Gasteiger partial charge in [-0.25, -0.2) is 0 Å². The molecule has 0 bridgehead atoms. The lowest BCUT2D eigenvalue weighted by atomic mass is 10.0. The average Bonchev–Trinajstić information content (AvgIpc) is 2.16. The molecule has 3 N–H and O–H groups in total. The maximum absolute atomic E-state index is 5.96. The molecule has 0 aliphatic heterocycles. The van der Waals surface area contributed by atoms with Crippen LogP contribution in [0.1, 0.15) is 27.2 Å². The smallest absolute Gasteiger partial charge is 0.0576 e. The van der Waals surface area contributed by atoms with Gasteiger partial charge in [-0.2, -0.15) is 0 Å². The molecule has 0 saturated carbocycles. The first-order chi connectivity index (χ1) is 7.04. The number of rotatable bonds is 4. The fourth-order valence-corrected chi connectivity index (χ4v) is 2.12. The minimum atomic E-state index is 0.493. The topological polar surface area (TPSA) is 38.0 Å². The van der Waals surface area contributed by atoms with E-state index in [4.69, 9.17) is 5.73 Å². The van der Waals surface area contributed by atoms with E-state index < -0.39 is 0 Å². The first-order valence-corrected chi connectivity index (χ1v) is 6.44. The van der Waals surface area contributed by atoms with E-state index in [2.05, 4.69) is 60.8 Å². The van der Waals surface area contributed by atoms with E-state index >= 15 is 0 Å². The molecule has 3 heteroatoms. The number of nitrogens with two attached hydrogens (primary N) is 1. The van der Waals surface area contributed by atoms with E-state index in [0.717, 1.165) is 17.8 Å². The van der Waals surface area contributed by atoms with Crippen LogP contribution in [0.3, 0.4) is 0 Å². The van der Waals surface area contributed by atoms with Crippen LogP contribution in [0.15, 0.2) is 18.2 Å². The highest BCUT2D eigenvalue weighted by atomic mass is 127. The molecule has 0 aliphatic rings. The third kappa shape index (κ3) is 3.55. The Bertz CT molecular complexity index is 323. The first-order valence-electron chi connectivity index (χ1n) is 5.36. The highest BCUT2D eigenvalue weighted by Gasteiger charge is 2.11. The number of hydrogen-bond acceptors (Lipinski definition) is 2. The van der Waals surface area contributed by atoms with Crippen molar-refractivity contribution in [2.45, 2.75) is 33.2 Å². The quantitative estimate of drug-likeness (QED) is 0.656. The minimum absolute atomic E-state index is 0.493. The van der Waals surface area contributed by atoms with Crippen LogP contribution < -0.4 is 11.1 Å². The van der Waals surface area contributed by atoms with Crippen LogP contribution in [0, 0.1) is 9.49 Å². The lowest BCUT2D eigenvalue weighted by molar-refractivity contribution is 0.511. The molecule has 15 heavy (non-hydrogen) atoms. The number of nitrogen functional groups attached to an aromatic ring is 1. The van der Waals surface area contributed by atoms with E-state index in [-0.39, 0.29) is 0 Å². The molecular formula is C12H19IN2. The molecule has 0 saturated heterocycles. The standard InChI is InChI=1S/C12H19IN2/c1-4-11(8(2)3)15-12-6-5-9(13)7-10(12)14/h5-8,11,15H,4,14H2,1-3H3. The van der Waals surface area contributed by atoms with Gasteiger partial charge in [-0.15, -0.1) is 0 Å². The molecule has 1 aromatic rings. The number of anilines is 2. The van der Waals surface area contributed by atoms with Gasteiger partial charge < -0.3 is 11.1 Å². The Morgan fingerprint density at radius 3 is 2.53 bits per heavy atom. The van der Waals surface area contributed by atoms with Crippen LogP contribution in [-0.4, -0.2) is 6.04 Å². The van der Waals surface area contributed by atoms with E-state index in [0.29, 0.717) is 12.0 Å². The van der Waals surface area contributed by atoms with Crippen molar-refractivity contribution >= 4 is 34.0 Å². The molecule has 0 fully saturated rings. The Labute approximate surface area is 106 Å². The summed E-state index contributed by atoms with van der Waals surface area (Å²) in [5.74, 6) is 0.619. The van der Waals surface area contributed by atoms with Crippen LogP contribution in [0.4, 0.5) is 11.4 Å². The van der Waals surface area contributed by atoms with Crippen molar-refractivity contribution in [3.8, 4) is 0 Å². The molecule has 1 aromatic carbocycles. The number of benzene rings is 1. The zero-order valence-electron chi connectivity index (χ0n) is 9.55. The zero-order chi connectivity index (χ0) is 11.4.